The van der Waals surface area contributed by atoms with Crippen molar-refractivity contribution >= 4 is 100 Å². The second-order valence-corrected chi connectivity index (χ2v) is 25.5. The summed E-state index contributed by atoms with van der Waals surface area (Å²) in [5, 5.41) is 24.9. The van der Waals surface area contributed by atoms with Gasteiger partial charge in [-0.1, -0.05) is 47.5 Å². The highest BCUT2D eigenvalue weighted by atomic mass is 35.5. The van der Waals surface area contributed by atoms with Crippen LogP contribution in [-0.2, 0) is 37.9 Å². The van der Waals surface area contributed by atoms with Crippen molar-refractivity contribution < 1.29 is 28.9 Å². The van der Waals surface area contributed by atoms with E-state index in [0.29, 0.717) is 15.6 Å². The van der Waals surface area contributed by atoms with Crippen LogP contribution in [0.1, 0.15) is 76.0 Å². The van der Waals surface area contributed by atoms with Crippen LogP contribution >= 0.6 is 45.9 Å². The molecule has 0 fully saturated rings. The quantitative estimate of drug-likeness (QED) is 0.115. The molecule has 6 aromatic heterocycles. The van der Waals surface area contributed by atoms with Crippen LogP contribution in [0.15, 0.2) is 146 Å². The zero-order valence-corrected chi connectivity index (χ0v) is 51.8. The highest BCUT2D eigenvalue weighted by molar-refractivity contribution is 7.22. The van der Waals surface area contributed by atoms with Crippen LogP contribution < -0.4 is 0 Å². The van der Waals surface area contributed by atoms with E-state index in [-0.39, 0.29) is 0 Å². The van der Waals surface area contributed by atoms with Crippen molar-refractivity contribution in [3.05, 3.63) is 178 Å². The van der Waals surface area contributed by atoms with Crippen LogP contribution in [-0.4, -0.2) is 74.9 Å². The minimum atomic E-state index is -1.17. The predicted octanol–water partition coefficient (Wildman–Crippen LogP) is 17.1. The number of aliphatic carboxylic acids is 1. The Morgan fingerprint density at radius 1 is 0.529 bits per heavy atom. The van der Waals surface area contributed by atoms with Gasteiger partial charge in [-0.2, -0.15) is 10.2 Å². The summed E-state index contributed by atoms with van der Waals surface area (Å²) in [5.41, 5.74) is 14.6. The van der Waals surface area contributed by atoms with E-state index in [1.165, 1.54) is 18.4 Å². The number of halogens is 2. The van der Waals surface area contributed by atoms with Crippen LogP contribution in [0.2, 0.25) is 10.0 Å². The Morgan fingerprint density at radius 3 is 1.28 bits per heavy atom. The zero-order valence-electron chi connectivity index (χ0n) is 48.6. The molecular formula is C67H60Cl2N8O6S2. The Balaban J connectivity index is 0.000000177. The lowest BCUT2D eigenvalue weighted by atomic mass is 9.91. The number of fused-ring (bicyclic) bond motifs is 4. The molecule has 0 saturated carbocycles. The van der Waals surface area contributed by atoms with Gasteiger partial charge in [-0.15, -0.1) is 22.7 Å². The fourth-order valence-corrected chi connectivity index (χ4v) is 13.2. The van der Waals surface area contributed by atoms with E-state index < -0.39 is 35.3 Å². The molecular weight excluding hydrogens is 1150 g/mol. The summed E-state index contributed by atoms with van der Waals surface area (Å²) in [4.78, 5) is 44.3. The molecule has 12 rings (SSSR count). The van der Waals surface area contributed by atoms with Gasteiger partial charge < -0.3 is 19.3 Å². The van der Waals surface area contributed by atoms with E-state index in [1.807, 2.05) is 164 Å². The van der Waals surface area contributed by atoms with Gasteiger partial charge >= 0.3 is 11.9 Å². The average Bonchev–Trinajstić information content (AvgIpc) is 3.76. The average molecular weight is 1210 g/mol. The predicted molar refractivity (Wildman–Crippen MR) is 342 cm³/mol. The molecule has 2 atom stereocenters. The molecule has 1 N–H and O–H groups in total. The van der Waals surface area contributed by atoms with Crippen LogP contribution in [0.5, 0.6) is 0 Å². The number of rotatable bonds is 12. The summed E-state index contributed by atoms with van der Waals surface area (Å²) >= 11 is 15.6. The molecule has 12 aromatic rings. The summed E-state index contributed by atoms with van der Waals surface area (Å²) in [6.45, 7) is 15.3. The number of carboxylic acid groups (broad SMARTS) is 1. The molecule has 0 aliphatic rings. The van der Waals surface area contributed by atoms with Gasteiger partial charge in [-0.25, -0.2) is 19.6 Å². The van der Waals surface area contributed by atoms with Crippen LogP contribution in [0.3, 0.4) is 0 Å². The zero-order chi connectivity index (χ0) is 60.2. The first-order chi connectivity index (χ1) is 40.5. The number of aromatic nitrogens is 8. The first-order valence-electron chi connectivity index (χ1n) is 27.4. The number of benzene rings is 6. The second kappa shape index (κ2) is 23.3. The number of methoxy groups -OCH3 is 1. The normalized spacial score (nSPS) is 12.7. The first kappa shape index (κ1) is 58.5. The molecule has 0 spiro atoms. The van der Waals surface area contributed by atoms with Crippen LogP contribution in [0.25, 0.3) is 108 Å². The molecule has 14 nitrogen and oxygen atoms in total. The topological polar surface area (TPSA) is 169 Å². The minimum absolute atomic E-state index is 0.456. The number of carbonyl (C=O) groups is 2. The van der Waals surface area contributed by atoms with Gasteiger partial charge in [0.2, 0.25) is 0 Å². The molecule has 0 amide bonds. The lowest BCUT2D eigenvalue weighted by Crippen LogP contribution is -2.29. The van der Waals surface area contributed by atoms with Crippen molar-refractivity contribution in [1.82, 2.24) is 39.5 Å². The summed E-state index contributed by atoms with van der Waals surface area (Å²) in [6, 6.07) is 39.4. The van der Waals surface area contributed by atoms with E-state index in [1.54, 1.807) is 36.1 Å². The summed E-state index contributed by atoms with van der Waals surface area (Å²) in [6.07, 6.45) is 4.98. The molecule has 0 bridgehead atoms. The van der Waals surface area contributed by atoms with Gasteiger partial charge in [0.15, 0.2) is 12.2 Å². The van der Waals surface area contributed by atoms with Crippen LogP contribution in [0, 0.1) is 13.8 Å². The summed E-state index contributed by atoms with van der Waals surface area (Å²) in [5.74, 6) is -1.50. The van der Waals surface area contributed by atoms with Gasteiger partial charge in [0.25, 0.3) is 0 Å². The third-order valence-corrected chi connectivity index (χ3v) is 17.1. The number of nitrogens with zero attached hydrogens (tertiary/aromatic N) is 8. The number of thiazole rings is 2. The Hall–Kier alpha value is -8.22. The van der Waals surface area contributed by atoms with Crippen molar-refractivity contribution in [1.29, 1.82) is 0 Å². The lowest BCUT2D eigenvalue weighted by molar-refractivity contribution is -0.164. The third kappa shape index (κ3) is 12.0. The number of ether oxygens (including phenoxy) is 3. The third-order valence-electron chi connectivity index (χ3n) is 14.3. The molecule has 0 unspecified atom stereocenters. The second-order valence-electron chi connectivity index (χ2n) is 22.7. The molecule has 18 heteroatoms. The largest absolute Gasteiger partial charge is 0.479 e. The molecule has 6 heterocycles. The Kier molecular flexibility index (Phi) is 16.1. The summed E-state index contributed by atoms with van der Waals surface area (Å²) in [7, 11) is 5.27. The van der Waals surface area contributed by atoms with Crippen molar-refractivity contribution in [2.75, 3.05) is 7.11 Å². The van der Waals surface area contributed by atoms with E-state index >= 15 is 0 Å². The van der Waals surface area contributed by atoms with Gasteiger partial charge in [-0.05, 0) is 175 Å². The van der Waals surface area contributed by atoms with Gasteiger partial charge in [0.05, 0.1) is 49.8 Å². The first-order valence-corrected chi connectivity index (χ1v) is 29.7. The Bertz CT molecular complexity index is 4510. The number of esters is 1. The van der Waals surface area contributed by atoms with Crippen LogP contribution in [0.4, 0.5) is 0 Å². The molecule has 85 heavy (non-hydrogen) atoms. The number of carbonyl (C=O) groups excluding carboxylic acids is 1. The fraction of sp³-hybridized carbons (Fsp3) is 0.224. The Morgan fingerprint density at radius 2 is 0.906 bits per heavy atom. The lowest BCUT2D eigenvalue weighted by Gasteiger charge is -2.28. The molecule has 0 aliphatic carbocycles. The Labute approximate surface area is 509 Å². The van der Waals surface area contributed by atoms with E-state index in [9.17, 15) is 14.7 Å². The molecule has 6 aromatic carbocycles. The smallest absolute Gasteiger partial charge is 0.339 e. The van der Waals surface area contributed by atoms with Gasteiger partial charge in [0, 0.05) is 104 Å². The SMILES string of the molecule is COC(=O)[C@@H](OC(C)(C)C)c1c(C)cc2nc(-c3ccc4c(c3)c(-c3ccncc3)nn4C)sc2c1-c1ccc(Cl)cc1.Cc1cc2nc(-c3ccc4c(c3)c(-c3ccncc3)nn4C)sc2c(-c2ccc(Cl)cc2)c1[C@H](OC(C)(C)C)C(=O)O. The van der Waals surface area contributed by atoms with Crippen molar-refractivity contribution in [2.24, 2.45) is 14.1 Å². The highest BCUT2D eigenvalue weighted by Gasteiger charge is 2.35. The van der Waals surface area contributed by atoms with Gasteiger partial charge in [-0.3, -0.25) is 19.3 Å². The number of hydrogen-bond donors (Lipinski definition) is 1. The highest BCUT2D eigenvalue weighted by Crippen LogP contribution is 2.47. The number of carboxylic acids is 1. The van der Waals surface area contributed by atoms with E-state index in [4.69, 9.17) is 57.6 Å². The molecule has 0 saturated heterocycles. The van der Waals surface area contributed by atoms with E-state index in [2.05, 4.69) is 46.4 Å². The maximum Gasteiger partial charge on any atom is 0.339 e. The van der Waals surface area contributed by atoms with Crippen molar-refractivity contribution in [2.45, 2.75) is 78.8 Å². The van der Waals surface area contributed by atoms with Gasteiger partial charge in [0.1, 0.15) is 21.4 Å². The number of pyridine rings is 2. The van der Waals surface area contributed by atoms with Crippen molar-refractivity contribution in [3.63, 3.8) is 0 Å². The van der Waals surface area contributed by atoms with Crippen molar-refractivity contribution in [3.8, 4) is 65.9 Å². The standard InChI is InChI=1S/C34H31ClN4O3S.C33H29ClN4O3S/c1-19-17-25-31(28(20-7-10-23(35)11-8-20)27(19)30(33(40)41-6)42-34(2,3)4)43-32(37-25)22-9-12-26-24(18-22)29(38-39(26)5)21-13-15-36-16-14-21;1-18-16-24-30(27(19-6-9-22(34)10-7-19)26(18)29(32(39)40)41-33(2,3)4)42-31(36-24)21-8-11-25-23(17-21)28(37-38(25)5)20-12-14-35-15-13-20/h7-18,30H,1-6H3;6-17,29H,1-5H3,(H,39,40)/t30-;29-/m00/s1. The monoisotopic (exact) mass is 1210 g/mol. The number of aryl methyl sites for hydroxylation is 4. The maximum atomic E-state index is 13.2. The fourth-order valence-electron chi connectivity index (χ4n) is 10.7. The molecule has 0 radical (unpaired) electrons. The summed E-state index contributed by atoms with van der Waals surface area (Å²) < 4.78 is 23.4. The number of hydrogen-bond acceptors (Lipinski definition) is 13. The minimum Gasteiger partial charge on any atom is -0.479 e. The van der Waals surface area contributed by atoms with E-state index in [0.717, 1.165) is 125 Å². The molecule has 0 aliphatic heterocycles. The molecule has 430 valence electrons. The maximum absolute atomic E-state index is 13.2.